The van der Waals surface area contributed by atoms with Crippen molar-refractivity contribution < 1.29 is 23.5 Å². The number of ketones is 1. The van der Waals surface area contributed by atoms with Gasteiger partial charge in [0, 0.05) is 13.0 Å². The van der Waals surface area contributed by atoms with Crippen LogP contribution in [0.2, 0.25) is 23.2 Å². The average Bonchev–Trinajstić information content (AvgIpc) is 3.48. The van der Waals surface area contributed by atoms with Gasteiger partial charge in [0.1, 0.15) is 5.82 Å². The highest BCUT2D eigenvalue weighted by Crippen LogP contribution is 2.40. The molecule has 1 N–H and O–H groups in total. The highest BCUT2D eigenvalue weighted by Gasteiger charge is 2.50. The zero-order valence-corrected chi connectivity index (χ0v) is 35.7. The van der Waals surface area contributed by atoms with Crippen LogP contribution in [0, 0.1) is 0 Å². The molecular weight excluding hydrogens is 719 g/mol. The van der Waals surface area contributed by atoms with Crippen molar-refractivity contribution in [2.24, 2.45) is 0 Å². The third kappa shape index (κ3) is 8.43. The molecular formula is C45H57N3O5Si2. The van der Waals surface area contributed by atoms with Crippen molar-refractivity contribution >= 4 is 49.9 Å². The van der Waals surface area contributed by atoms with Gasteiger partial charge >= 0.3 is 6.09 Å². The van der Waals surface area contributed by atoms with E-state index >= 15 is 0 Å². The van der Waals surface area contributed by atoms with E-state index in [9.17, 15) is 14.7 Å². The number of likely N-dealkylation sites (tertiary alicyclic amines) is 1. The molecule has 4 aromatic carbocycles. The maximum absolute atomic E-state index is 14.4. The molecule has 2 heterocycles. The molecule has 55 heavy (non-hydrogen) atoms. The zero-order chi connectivity index (χ0) is 39.6. The van der Waals surface area contributed by atoms with Crippen LogP contribution in [0.5, 0.6) is 0 Å². The highest BCUT2D eigenvalue weighted by atomic mass is 28.4. The van der Waals surface area contributed by atoms with E-state index < -0.39 is 28.8 Å². The fourth-order valence-electron chi connectivity index (χ4n) is 7.88. The quantitative estimate of drug-likeness (QED) is 0.127. The van der Waals surface area contributed by atoms with E-state index in [2.05, 4.69) is 127 Å². The van der Waals surface area contributed by atoms with E-state index in [1.807, 2.05) is 41.0 Å². The van der Waals surface area contributed by atoms with E-state index in [0.717, 1.165) is 39.0 Å². The van der Waals surface area contributed by atoms with Crippen LogP contribution in [-0.4, -0.2) is 66.8 Å². The molecule has 0 bridgehead atoms. The summed E-state index contributed by atoms with van der Waals surface area (Å²) in [4.78, 5) is 33.6. The normalized spacial score (nSPS) is 17.1. The third-order valence-electron chi connectivity index (χ3n) is 11.8. The SMILES string of the molecule is CC(C)(C)[Si](C)(C)O[C@H]1CCCN(C(=O)O)[C@@H]1CC(=O)Cn1c(CO[Si](c2ccccc2)(c2ccccc2)C(C)(C)C)nc2cc(-c3ccccc3)ccc21. The number of fused-ring (bicyclic) bond motifs is 1. The molecule has 290 valence electrons. The molecule has 1 amide bonds. The molecule has 8 nitrogen and oxygen atoms in total. The Balaban J connectivity index is 1.40. The van der Waals surface area contributed by atoms with Crippen LogP contribution in [0.1, 0.15) is 66.6 Å². The van der Waals surface area contributed by atoms with Gasteiger partial charge in [-0.05, 0) is 69.6 Å². The minimum absolute atomic E-state index is 0.0391. The summed E-state index contributed by atoms with van der Waals surface area (Å²) >= 11 is 0. The fraction of sp³-hybridized carbons (Fsp3) is 0.400. The summed E-state index contributed by atoms with van der Waals surface area (Å²) in [6.07, 6.45) is 0.128. The Morgan fingerprint density at radius 3 is 1.93 bits per heavy atom. The average molecular weight is 776 g/mol. The van der Waals surface area contributed by atoms with Gasteiger partial charge < -0.3 is 23.4 Å². The molecule has 1 aliphatic rings. The van der Waals surface area contributed by atoms with Gasteiger partial charge in [-0.2, -0.15) is 0 Å². The maximum Gasteiger partial charge on any atom is 0.407 e. The molecule has 2 atom stereocenters. The van der Waals surface area contributed by atoms with Gasteiger partial charge in [0.15, 0.2) is 14.1 Å². The summed E-state index contributed by atoms with van der Waals surface area (Å²) in [5.41, 5.74) is 3.73. The monoisotopic (exact) mass is 775 g/mol. The van der Waals surface area contributed by atoms with Crippen molar-refractivity contribution in [3.63, 3.8) is 0 Å². The second-order valence-corrected chi connectivity index (χ2v) is 26.5. The van der Waals surface area contributed by atoms with E-state index in [-0.39, 0.29) is 41.5 Å². The number of piperidine rings is 1. The number of Topliss-reactive ketones (excluding diaryl/α,β-unsaturated/α-hetero) is 1. The molecule has 6 rings (SSSR count). The lowest BCUT2D eigenvalue weighted by Gasteiger charge is -2.46. The lowest BCUT2D eigenvalue weighted by Crippen LogP contribution is -2.66. The number of rotatable bonds is 12. The number of nitrogens with zero attached hydrogens (tertiary/aromatic N) is 3. The Bertz CT molecular complexity index is 2050. The van der Waals surface area contributed by atoms with Crippen molar-refractivity contribution in [1.29, 1.82) is 0 Å². The number of hydrogen-bond donors (Lipinski definition) is 1. The molecule has 10 heteroatoms. The van der Waals surface area contributed by atoms with Crippen molar-refractivity contribution in [3.05, 3.63) is 115 Å². The van der Waals surface area contributed by atoms with Gasteiger partial charge in [0.05, 0.1) is 36.3 Å². The Hall–Kier alpha value is -4.36. The van der Waals surface area contributed by atoms with E-state index in [4.69, 9.17) is 13.8 Å². The third-order valence-corrected chi connectivity index (χ3v) is 21.2. The summed E-state index contributed by atoms with van der Waals surface area (Å²) in [5.74, 6) is 0.592. The second kappa shape index (κ2) is 16.0. The fourth-order valence-corrected chi connectivity index (χ4v) is 13.8. The van der Waals surface area contributed by atoms with Crippen LogP contribution in [0.3, 0.4) is 0 Å². The molecule has 0 unspecified atom stereocenters. The Morgan fingerprint density at radius 2 is 1.38 bits per heavy atom. The van der Waals surface area contributed by atoms with Crippen molar-refractivity contribution in [2.45, 2.75) is 109 Å². The van der Waals surface area contributed by atoms with Gasteiger partial charge in [-0.15, -0.1) is 0 Å². The first-order valence-electron chi connectivity index (χ1n) is 19.5. The van der Waals surface area contributed by atoms with Crippen LogP contribution in [0.15, 0.2) is 109 Å². The number of carboxylic acid groups (broad SMARTS) is 1. The first-order valence-corrected chi connectivity index (χ1v) is 24.3. The number of hydrogen-bond acceptors (Lipinski definition) is 5. The van der Waals surface area contributed by atoms with Crippen LogP contribution >= 0.6 is 0 Å². The summed E-state index contributed by atoms with van der Waals surface area (Å²) < 4.78 is 16.2. The molecule has 0 saturated carbocycles. The summed E-state index contributed by atoms with van der Waals surface area (Å²) in [6, 6.07) is 36.9. The lowest BCUT2D eigenvalue weighted by molar-refractivity contribution is -0.122. The molecule has 0 aliphatic carbocycles. The Labute approximate surface area is 328 Å². The number of aromatic nitrogens is 2. The number of amides is 1. The van der Waals surface area contributed by atoms with E-state index in [1.165, 1.54) is 4.90 Å². The topological polar surface area (TPSA) is 93.9 Å². The number of carbonyl (C=O) groups is 2. The van der Waals surface area contributed by atoms with Gasteiger partial charge in [0.2, 0.25) is 0 Å². The first kappa shape index (κ1) is 40.3. The smallest absolute Gasteiger partial charge is 0.407 e. The van der Waals surface area contributed by atoms with Crippen molar-refractivity contribution in [2.75, 3.05) is 6.54 Å². The van der Waals surface area contributed by atoms with Crippen LogP contribution in [0.4, 0.5) is 4.79 Å². The number of imidazole rings is 1. The highest BCUT2D eigenvalue weighted by molar-refractivity contribution is 6.99. The minimum Gasteiger partial charge on any atom is -0.465 e. The van der Waals surface area contributed by atoms with E-state index in [0.29, 0.717) is 18.8 Å². The van der Waals surface area contributed by atoms with Crippen molar-refractivity contribution in [3.8, 4) is 11.1 Å². The molecule has 1 aromatic heterocycles. The maximum atomic E-state index is 14.4. The van der Waals surface area contributed by atoms with Crippen molar-refractivity contribution in [1.82, 2.24) is 14.5 Å². The molecule has 1 aliphatic heterocycles. The standard InChI is InChI=1S/C45H57N3O5Si2/c1-44(2,3)54(7,8)53-41-25-18-28-47(43(50)51)40(41)30-35(49)31-48-39-27-26-34(33-19-12-9-13-20-33)29-38(39)46-42(48)32-52-55(45(4,5)6,36-21-14-10-15-22-36)37-23-16-11-17-24-37/h9-17,19-24,26-27,29,40-41H,18,25,28,30-32H2,1-8H3,(H,50,51)/t40-,41+/m1/s1. The lowest BCUT2D eigenvalue weighted by atomic mass is 9.95. The van der Waals surface area contributed by atoms with Gasteiger partial charge in [-0.1, -0.05) is 139 Å². The Kier molecular flexibility index (Phi) is 11.7. The second-order valence-electron chi connectivity index (χ2n) is 17.5. The Morgan fingerprint density at radius 1 is 0.800 bits per heavy atom. The number of carbonyl (C=O) groups excluding carboxylic acids is 1. The van der Waals surface area contributed by atoms with E-state index in [1.54, 1.807) is 0 Å². The molecule has 1 saturated heterocycles. The van der Waals surface area contributed by atoms with Crippen LogP contribution in [-0.2, 0) is 26.8 Å². The summed E-state index contributed by atoms with van der Waals surface area (Å²) in [7, 11) is -5.19. The van der Waals surface area contributed by atoms with Crippen LogP contribution in [0.25, 0.3) is 22.2 Å². The molecule has 0 spiro atoms. The van der Waals surface area contributed by atoms with Gasteiger partial charge in [-0.3, -0.25) is 4.79 Å². The molecule has 5 aromatic rings. The molecule has 0 radical (unpaired) electrons. The van der Waals surface area contributed by atoms with Gasteiger partial charge in [0.25, 0.3) is 8.32 Å². The van der Waals surface area contributed by atoms with Crippen LogP contribution < -0.4 is 10.4 Å². The summed E-state index contributed by atoms with van der Waals surface area (Å²) in [6.45, 7) is 18.3. The predicted octanol–water partition coefficient (Wildman–Crippen LogP) is 9.27. The molecule has 1 fully saturated rings. The minimum atomic E-state index is -2.93. The predicted molar refractivity (Wildman–Crippen MR) is 227 cm³/mol. The largest absolute Gasteiger partial charge is 0.465 e. The summed E-state index contributed by atoms with van der Waals surface area (Å²) in [5, 5.41) is 12.3. The number of benzene rings is 4. The van der Waals surface area contributed by atoms with Gasteiger partial charge in [-0.25, -0.2) is 9.78 Å². The first-order chi connectivity index (χ1) is 26.0. The zero-order valence-electron chi connectivity index (χ0n) is 33.7.